The van der Waals surface area contributed by atoms with Gasteiger partial charge < -0.3 is 10.4 Å². The molecule has 0 aromatic rings. The number of β-amino-alcohol motifs (C(OH)–C–C–N with tert-alkyl or cyclic N) is 1. The van der Waals surface area contributed by atoms with Crippen LogP contribution < -0.4 is 5.32 Å². The lowest BCUT2D eigenvalue weighted by atomic mass is 9.89. The minimum absolute atomic E-state index is 0.0491. The van der Waals surface area contributed by atoms with E-state index in [0.717, 1.165) is 26.2 Å². The van der Waals surface area contributed by atoms with Gasteiger partial charge in [0.2, 0.25) is 5.91 Å². The van der Waals surface area contributed by atoms with Gasteiger partial charge in [0.1, 0.15) is 0 Å². The molecule has 1 heterocycles. The number of rotatable bonds is 6. The molecule has 1 aliphatic rings. The van der Waals surface area contributed by atoms with E-state index in [1.54, 1.807) is 6.08 Å². The molecule has 1 atom stereocenters. The Kier molecular flexibility index (Phi) is 6.65. The molecule has 116 valence electrons. The highest BCUT2D eigenvalue weighted by atomic mass is 16.3. The van der Waals surface area contributed by atoms with Crippen molar-refractivity contribution in [3.63, 3.8) is 0 Å². The van der Waals surface area contributed by atoms with E-state index in [9.17, 15) is 9.90 Å². The Hall–Kier alpha value is -0.910. The van der Waals surface area contributed by atoms with Crippen molar-refractivity contribution in [2.45, 2.75) is 26.9 Å². The van der Waals surface area contributed by atoms with Crippen molar-refractivity contribution in [3.8, 4) is 0 Å². The smallest absolute Gasteiger partial charge is 0.234 e. The zero-order chi connectivity index (χ0) is 15.2. The molecule has 1 amide bonds. The van der Waals surface area contributed by atoms with Crippen LogP contribution in [0, 0.1) is 5.41 Å². The van der Waals surface area contributed by atoms with Crippen molar-refractivity contribution in [2.75, 3.05) is 45.8 Å². The third kappa shape index (κ3) is 6.03. The molecule has 20 heavy (non-hydrogen) atoms. The van der Waals surface area contributed by atoms with E-state index < -0.39 is 0 Å². The number of carbonyl (C=O) groups excluding carboxylic acids is 1. The number of amides is 1. The lowest BCUT2D eigenvalue weighted by molar-refractivity contribution is -0.122. The molecular formula is C15H29N3O2. The monoisotopic (exact) mass is 283 g/mol. The number of piperazine rings is 1. The van der Waals surface area contributed by atoms with Crippen molar-refractivity contribution < 1.29 is 9.90 Å². The molecular weight excluding hydrogens is 254 g/mol. The van der Waals surface area contributed by atoms with Crippen LogP contribution in [-0.4, -0.2) is 72.7 Å². The van der Waals surface area contributed by atoms with Crippen molar-refractivity contribution in [2.24, 2.45) is 5.41 Å². The highest BCUT2D eigenvalue weighted by Gasteiger charge is 2.26. The van der Waals surface area contributed by atoms with E-state index in [2.05, 4.69) is 42.5 Å². The second kappa shape index (κ2) is 7.76. The summed E-state index contributed by atoms with van der Waals surface area (Å²) in [6.45, 7) is 15.0. The maximum absolute atomic E-state index is 11.6. The summed E-state index contributed by atoms with van der Waals surface area (Å²) in [7, 11) is 0. The van der Waals surface area contributed by atoms with Gasteiger partial charge in [0.05, 0.1) is 12.6 Å². The lowest BCUT2D eigenvalue weighted by Gasteiger charge is -2.37. The summed E-state index contributed by atoms with van der Waals surface area (Å²) in [5.41, 5.74) is -0.0816. The summed E-state index contributed by atoms with van der Waals surface area (Å²) in [5.74, 6) is 0.0491. The van der Waals surface area contributed by atoms with Crippen LogP contribution in [0.15, 0.2) is 12.7 Å². The van der Waals surface area contributed by atoms with Crippen LogP contribution in [0.5, 0.6) is 0 Å². The van der Waals surface area contributed by atoms with Crippen LogP contribution in [0.3, 0.4) is 0 Å². The minimum atomic E-state index is -0.315. The summed E-state index contributed by atoms with van der Waals surface area (Å²) in [4.78, 5) is 16.0. The zero-order valence-corrected chi connectivity index (χ0v) is 13.1. The highest BCUT2D eigenvalue weighted by Crippen LogP contribution is 2.20. The predicted octanol–water partition coefficient (Wildman–Crippen LogP) is 0.313. The standard InChI is InChI=1S/C15H29N3O2/c1-5-6-16-14(20)12-18-9-7-17(8-10-18)11-13(19)15(2,3)4/h5,13,19H,1,6-12H2,2-4H3,(H,16,20). The summed E-state index contributed by atoms with van der Waals surface area (Å²) in [6, 6.07) is 0. The Labute approximate surface area is 122 Å². The fourth-order valence-corrected chi connectivity index (χ4v) is 2.09. The van der Waals surface area contributed by atoms with Gasteiger partial charge in [-0.25, -0.2) is 0 Å². The number of nitrogens with zero attached hydrogens (tertiary/aromatic N) is 2. The molecule has 1 aliphatic heterocycles. The molecule has 0 radical (unpaired) electrons. The van der Waals surface area contributed by atoms with Crippen LogP contribution in [0.25, 0.3) is 0 Å². The van der Waals surface area contributed by atoms with Crippen molar-refractivity contribution in [1.29, 1.82) is 0 Å². The molecule has 0 bridgehead atoms. The van der Waals surface area contributed by atoms with Crippen LogP contribution >= 0.6 is 0 Å². The molecule has 0 aromatic carbocycles. The summed E-state index contributed by atoms with van der Waals surface area (Å²) < 4.78 is 0. The maximum atomic E-state index is 11.6. The van der Waals surface area contributed by atoms with Gasteiger partial charge in [-0.2, -0.15) is 0 Å². The molecule has 0 spiro atoms. The topological polar surface area (TPSA) is 55.8 Å². The number of nitrogens with one attached hydrogen (secondary N) is 1. The summed E-state index contributed by atoms with van der Waals surface area (Å²) >= 11 is 0. The Bertz CT molecular complexity index is 318. The van der Waals surface area contributed by atoms with E-state index in [1.807, 2.05) is 0 Å². The average molecular weight is 283 g/mol. The first-order valence-corrected chi connectivity index (χ1v) is 7.33. The van der Waals surface area contributed by atoms with Crippen LogP contribution in [-0.2, 0) is 4.79 Å². The number of hydrogen-bond donors (Lipinski definition) is 2. The van der Waals surface area contributed by atoms with E-state index in [0.29, 0.717) is 19.6 Å². The third-order valence-electron chi connectivity index (χ3n) is 3.71. The van der Waals surface area contributed by atoms with Crippen molar-refractivity contribution in [1.82, 2.24) is 15.1 Å². The molecule has 1 saturated heterocycles. The minimum Gasteiger partial charge on any atom is -0.391 e. The first-order valence-electron chi connectivity index (χ1n) is 7.33. The van der Waals surface area contributed by atoms with Crippen molar-refractivity contribution in [3.05, 3.63) is 12.7 Å². The van der Waals surface area contributed by atoms with Gasteiger partial charge in [-0.3, -0.25) is 14.6 Å². The van der Waals surface area contributed by atoms with Gasteiger partial charge in [0.15, 0.2) is 0 Å². The first-order chi connectivity index (χ1) is 9.32. The Morgan fingerprint density at radius 3 is 2.35 bits per heavy atom. The van der Waals surface area contributed by atoms with E-state index in [1.165, 1.54) is 0 Å². The third-order valence-corrected chi connectivity index (χ3v) is 3.71. The summed E-state index contributed by atoms with van der Waals surface area (Å²) in [6.07, 6.45) is 1.37. The Balaban J connectivity index is 2.26. The SMILES string of the molecule is C=CCNC(=O)CN1CCN(CC(O)C(C)(C)C)CC1. The molecule has 2 N–H and O–H groups in total. The first kappa shape index (κ1) is 17.1. The quantitative estimate of drug-likeness (QED) is 0.689. The Morgan fingerprint density at radius 1 is 1.30 bits per heavy atom. The van der Waals surface area contributed by atoms with Crippen molar-refractivity contribution >= 4 is 5.91 Å². The van der Waals surface area contributed by atoms with Crippen LogP contribution in [0.4, 0.5) is 0 Å². The maximum Gasteiger partial charge on any atom is 0.234 e. The van der Waals surface area contributed by atoms with Gasteiger partial charge in [0.25, 0.3) is 0 Å². The van der Waals surface area contributed by atoms with Crippen LogP contribution in [0.2, 0.25) is 0 Å². The molecule has 5 heteroatoms. The molecule has 0 aliphatic carbocycles. The number of aliphatic hydroxyl groups excluding tert-OH is 1. The van der Waals surface area contributed by atoms with Gasteiger partial charge in [0, 0.05) is 39.3 Å². The molecule has 0 saturated carbocycles. The average Bonchev–Trinajstić information content (AvgIpc) is 2.37. The number of carbonyl (C=O) groups is 1. The predicted molar refractivity (Wildman–Crippen MR) is 81.5 cm³/mol. The molecule has 1 unspecified atom stereocenters. The lowest BCUT2D eigenvalue weighted by Crippen LogP contribution is -2.52. The second-order valence-electron chi connectivity index (χ2n) is 6.55. The van der Waals surface area contributed by atoms with E-state index >= 15 is 0 Å². The number of aliphatic hydroxyl groups is 1. The van der Waals surface area contributed by atoms with E-state index in [-0.39, 0.29) is 17.4 Å². The highest BCUT2D eigenvalue weighted by molar-refractivity contribution is 5.78. The normalized spacial score (nSPS) is 19.6. The molecule has 1 rings (SSSR count). The van der Waals surface area contributed by atoms with Gasteiger partial charge in [-0.1, -0.05) is 26.8 Å². The fraction of sp³-hybridized carbons (Fsp3) is 0.800. The Morgan fingerprint density at radius 2 is 1.85 bits per heavy atom. The number of hydrogen-bond acceptors (Lipinski definition) is 4. The molecule has 5 nitrogen and oxygen atoms in total. The van der Waals surface area contributed by atoms with Crippen LogP contribution in [0.1, 0.15) is 20.8 Å². The molecule has 0 aromatic heterocycles. The van der Waals surface area contributed by atoms with E-state index in [4.69, 9.17) is 0 Å². The zero-order valence-electron chi connectivity index (χ0n) is 13.1. The van der Waals surface area contributed by atoms with Gasteiger partial charge in [-0.05, 0) is 5.41 Å². The fourth-order valence-electron chi connectivity index (χ4n) is 2.09. The second-order valence-corrected chi connectivity index (χ2v) is 6.55. The van der Waals surface area contributed by atoms with Gasteiger partial charge in [-0.15, -0.1) is 6.58 Å². The van der Waals surface area contributed by atoms with Gasteiger partial charge >= 0.3 is 0 Å². The largest absolute Gasteiger partial charge is 0.391 e. The molecule has 1 fully saturated rings. The summed E-state index contributed by atoms with van der Waals surface area (Å²) in [5, 5.41) is 12.9.